The van der Waals surface area contributed by atoms with Crippen LogP contribution in [0.25, 0.3) is 11.5 Å². The van der Waals surface area contributed by atoms with Gasteiger partial charge in [0.1, 0.15) is 11.4 Å². The molecule has 3 aromatic heterocycles. The van der Waals surface area contributed by atoms with Crippen molar-refractivity contribution in [2.75, 3.05) is 6.54 Å². The van der Waals surface area contributed by atoms with E-state index in [-0.39, 0.29) is 11.7 Å². The monoisotopic (exact) mass is 368 g/mol. The molecule has 1 aliphatic rings. The molecule has 4 rings (SSSR count). The maximum atomic E-state index is 13.4. The van der Waals surface area contributed by atoms with Gasteiger partial charge in [0, 0.05) is 18.0 Å². The second-order valence-electron chi connectivity index (χ2n) is 6.18. The average Bonchev–Trinajstić information content (AvgIpc) is 3.27. The fourth-order valence-electron chi connectivity index (χ4n) is 2.65. The van der Waals surface area contributed by atoms with Gasteiger partial charge in [-0.2, -0.15) is 4.98 Å². The van der Waals surface area contributed by atoms with E-state index in [1.54, 1.807) is 30.6 Å². The number of pyridine rings is 2. The molecule has 0 spiro atoms. The van der Waals surface area contributed by atoms with Crippen LogP contribution in [0, 0.1) is 11.8 Å². The lowest BCUT2D eigenvalue weighted by Gasteiger charge is -2.18. The summed E-state index contributed by atoms with van der Waals surface area (Å²) in [6.07, 6.45) is 2.61. The maximum Gasteiger partial charge on any atom is 0.263 e. The van der Waals surface area contributed by atoms with E-state index in [1.807, 2.05) is 12.1 Å². The number of alkyl halides is 2. The molecule has 7 nitrogen and oxygen atoms in total. The molecule has 3 aromatic rings. The first-order chi connectivity index (χ1) is 12.9. The standard InChI is InChI=1S/C18H14F2N6O/c19-17(20)10-18(21,24-11-17)16-25-15(26-27-16)14-7-5-12(9-23-14)4-6-13-3-1-2-8-22-13/h1-3,5,7-9,24H,10-11,21H2. The summed E-state index contributed by atoms with van der Waals surface area (Å²) in [6, 6.07) is 8.88. The van der Waals surface area contributed by atoms with Crippen LogP contribution in [-0.2, 0) is 5.66 Å². The lowest BCUT2D eigenvalue weighted by Crippen LogP contribution is -2.46. The van der Waals surface area contributed by atoms with E-state index in [9.17, 15) is 8.78 Å². The van der Waals surface area contributed by atoms with Crippen LogP contribution < -0.4 is 11.1 Å². The summed E-state index contributed by atoms with van der Waals surface area (Å²) in [7, 11) is 0. The van der Waals surface area contributed by atoms with Gasteiger partial charge in [-0.3, -0.25) is 10.3 Å². The van der Waals surface area contributed by atoms with Gasteiger partial charge >= 0.3 is 0 Å². The maximum absolute atomic E-state index is 13.4. The molecule has 4 heterocycles. The van der Waals surface area contributed by atoms with Gasteiger partial charge in [-0.25, -0.2) is 13.8 Å². The first-order valence-corrected chi connectivity index (χ1v) is 8.09. The topological polar surface area (TPSA) is 103 Å². The van der Waals surface area contributed by atoms with Gasteiger partial charge in [-0.15, -0.1) is 0 Å². The molecule has 0 aromatic carbocycles. The fourth-order valence-corrected chi connectivity index (χ4v) is 2.65. The van der Waals surface area contributed by atoms with Crippen LogP contribution in [0.2, 0.25) is 0 Å². The normalized spacial score (nSPS) is 20.9. The molecule has 1 fully saturated rings. The van der Waals surface area contributed by atoms with Crippen molar-refractivity contribution in [1.29, 1.82) is 0 Å². The third-order valence-corrected chi connectivity index (χ3v) is 4.00. The minimum absolute atomic E-state index is 0.101. The van der Waals surface area contributed by atoms with Gasteiger partial charge in [0.2, 0.25) is 5.82 Å². The van der Waals surface area contributed by atoms with E-state index in [2.05, 4.69) is 37.3 Å². The van der Waals surface area contributed by atoms with Crippen molar-refractivity contribution in [1.82, 2.24) is 25.4 Å². The summed E-state index contributed by atoms with van der Waals surface area (Å²) >= 11 is 0. The van der Waals surface area contributed by atoms with Gasteiger partial charge in [-0.1, -0.05) is 17.1 Å². The smallest absolute Gasteiger partial charge is 0.263 e. The number of nitrogens with zero attached hydrogens (tertiary/aromatic N) is 4. The Morgan fingerprint density at radius 3 is 2.70 bits per heavy atom. The molecule has 3 N–H and O–H groups in total. The highest BCUT2D eigenvalue weighted by Gasteiger charge is 2.51. The average molecular weight is 368 g/mol. The number of halogens is 2. The number of rotatable bonds is 2. The third kappa shape index (κ3) is 3.67. The van der Waals surface area contributed by atoms with Crippen LogP contribution in [0.4, 0.5) is 8.78 Å². The zero-order valence-electron chi connectivity index (χ0n) is 14.0. The van der Waals surface area contributed by atoms with E-state index in [4.69, 9.17) is 10.3 Å². The molecule has 136 valence electrons. The number of nitrogens with two attached hydrogens (primary N) is 1. The number of aromatic nitrogens is 4. The molecule has 0 bridgehead atoms. The highest BCUT2D eigenvalue weighted by Crippen LogP contribution is 2.35. The molecule has 0 saturated carbocycles. The van der Waals surface area contributed by atoms with Crippen molar-refractivity contribution in [2.24, 2.45) is 5.73 Å². The van der Waals surface area contributed by atoms with E-state index in [0.717, 1.165) is 0 Å². The lowest BCUT2D eigenvalue weighted by molar-refractivity contribution is 0.0135. The highest BCUT2D eigenvalue weighted by molar-refractivity contribution is 5.50. The molecule has 0 radical (unpaired) electrons. The summed E-state index contributed by atoms with van der Waals surface area (Å²) in [5, 5.41) is 6.32. The molecule has 1 unspecified atom stereocenters. The molecule has 9 heteroatoms. The quantitative estimate of drug-likeness (QED) is 0.663. The Bertz CT molecular complexity index is 1010. The van der Waals surface area contributed by atoms with E-state index >= 15 is 0 Å². The number of nitrogens with one attached hydrogen (secondary N) is 1. The molecular weight excluding hydrogens is 354 g/mol. The van der Waals surface area contributed by atoms with Crippen LogP contribution in [0.15, 0.2) is 47.2 Å². The molecule has 0 aliphatic carbocycles. The molecular formula is C18H14F2N6O. The van der Waals surface area contributed by atoms with Crippen molar-refractivity contribution >= 4 is 0 Å². The first-order valence-electron chi connectivity index (χ1n) is 8.09. The number of hydrogen-bond donors (Lipinski definition) is 2. The first kappa shape index (κ1) is 17.2. The van der Waals surface area contributed by atoms with Crippen LogP contribution >= 0.6 is 0 Å². The van der Waals surface area contributed by atoms with Gasteiger partial charge in [0.15, 0.2) is 5.66 Å². The van der Waals surface area contributed by atoms with Gasteiger partial charge in [0.05, 0.1) is 13.0 Å². The summed E-state index contributed by atoms with van der Waals surface area (Å²) in [6.45, 7) is -0.539. The summed E-state index contributed by atoms with van der Waals surface area (Å²) in [4.78, 5) is 12.5. The summed E-state index contributed by atoms with van der Waals surface area (Å²) in [5.41, 5.74) is 6.13. The second kappa shape index (κ2) is 6.50. The van der Waals surface area contributed by atoms with E-state index in [0.29, 0.717) is 17.0 Å². The second-order valence-corrected chi connectivity index (χ2v) is 6.18. The summed E-state index contributed by atoms with van der Waals surface area (Å²) in [5.74, 6) is 3.02. The Labute approximate surface area is 153 Å². The molecule has 1 saturated heterocycles. The largest absolute Gasteiger partial charge is 0.335 e. The van der Waals surface area contributed by atoms with Crippen molar-refractivity contribution in [3.05, 3.63) is 59.9 Å². The van der Waals surface area contributed by atoms with Gasteiger partial charge in [0.25, 0.3) is 11.8 Å². The molecule has 1 aliphatic heterocycles. The van der Waals surface area contributed by atoms with Crippen LogP contribution in [0.5, 0.6) is 0 Å². The molecule has 1 atom stereocenters. The Hall–Kier alpha value is -3.22. The fraction of sp³-hybridized carbons (Fsp3) is 0.222. The van der Waals surface area contributed by atoms with E-state index < -0.39 is 24.6 Å². The predicted molar refractivity (Wildman–Crippen MR) is 91.2 cm³/mol. The number of hydrogen-bond acceptors (Lipinski definition) is 7. The zero-order valence-corrected chi connectivity index (χ0v) is 14.0. The van der Waals surface area contributed by atoms with Crippen molar-refractivity contribution in [3.8, 4) is 23.4 Å². The van der Waals surface area contributed by atoms with Gasteiger partial charge < -0.3 is 10.3 Å². The van der Waals surface area contributed by atoms with Gasteiger partial charge in [-0.05, 0) is 30.2 Å². The minimum Gasteiger partial charge on any atom is -0.335 e. The Morgan fingerprint density at radius 1 is 1.15 bits per heavy atom. The Morgan fingerprint density at radius 2 is 2.04 bits per heavy atom. The SMILES string of the molecule is NC1(c2nc(-c3ccc(C#Cc4ccccn4)cn3)no2)CC(F)(F)CN1. The van der Waals surface area contributed by atoms with Crippen LogP contribution in [0.3, 0.4) is 0 Å². The zero-order chi connectivity index (χ0) is 18.9. The van der Waals surface area contributed by atoms with Crippen LogP contribution in [0.1, 0.15) is 23.6 Å². The third-order valence-electron chi connectivity index (χ3n) is 4.00. The summed E-state index contributed by atoms with van der Waals surface area (Å²) < 4.78 is 31.9. The predicted octanol–water partition coefficient (Wildman–Crippen LogP) is 1.67. The molecule has 0 amide bonds. The lowest BCUT2D eigenvalue weighted by atomic mass is 10.1. The van der Waals surface area contributed by atoms with Crippen LogP contribution in [-0.4, -0.2) is 32.6 Å². The van der Waals surface area contributed by atoms with Crippen molar-refractivity contribution in [2.45, 2.75) is 18.0 Å². The highest BCUT2D eigenvalue weighted by atomic mass is 19.3. The Kier molecular flexibility index (Phi) is 4.14. The Balaban J connectivity index is 1.52. The van der Waals surface area contributed by atoms with Crippen molar-refractivity contribution in [3.63, 3.8) is 0 Å². The van der Waals surface area contributed by atoms with E-state index in [1.165, 1.54) is 0 Å². The minimum atomic E-state index is -2.92. The molecule has 27 heavy (non-hydrogen) atoms. The van der Waals surface area contributed by atoms with Crippen molar-refractivity contribution < 1.29 is 13.3 Å².